The van der Waals surface area contributed by atoms with Gasteiger partial charge in [0.2, 0.25) is 11.7 Å². The normalized spacial score (nSPS) is 13.7. The molecule has 4 heterocycles. The Bertz CT molecular complexity index is 1070. The van der Waals surface area contributed by atoms with E-state index >= 15 is 0 Å². The van der Waals surface area contributed by atoms with Crippen molar-refractivity contribution in [1.82, 2.24) is 39.6 Å². The van der Waals surface area contributed by atoms with E-state index in [9.17, 15) is 9.59 Å². The van der Waals surface area contributed by atoms with Gasteiger partial charge in [-0.2, -0.15) is 5.10 Å². The molecule has 10 nitrogen and oxygen atoms in total. The predicted molar refractivity (Wildman–Crippen MR) is 104 cm³/mol. The second-order valence-electron chi connectivity index (χ2n) is 7.56. The molecule has 152 valence electrons. The van der Waals surface area contributed by atoms with Gasteiger partial charge in [0.05, 0.1) is 24.5 Å². The molecule has 0 saturated heterocycles. The molecule has 1 aliphatic heterocycles. The van der Waals surface area contributed by atoms with Crippen LogP contribution in [0.5, 0.6) is 0 Å². The first-order chi connectivity index (χ1) is 13.9. The average molecular weight is 396 g/mol. The molecule has 0 spiro atoms. The fraction of sp³-hybridized carbons (Fsp3) is 0.474. The van der Waals surface area contributed by atoms with Crippen molar-refractivity contribution in [2.45, 2.75) is 52.7 Å². The van der Waals surface area contributed by atoms with Crippen molar-refractivity contribution in [2.24, 2.45) is 0 Å². The molecule has 0 fully saturated rings. The van der Waals surface area contributed by atoms with Gasteiger partial charge in [0.25, 0.3) is 11.7 Å². The summed E-state index contributed by atoms with van der Waals surface area (Å²) >= 11 is 0. The van der Waals surface area contributed by atoms with Crippen LogP contribution in [-0.2, 0) is 24.3 Å². The van der Waals surface area contributed by atoms with Crippen LogP contribution in [0, 0.1) is 6.92 Å². The number of carbonyl (C=O) groups is 2. The Morgan fingerprint density at radius 3 is 2.86 bits per heavy atom. The standard InChI is InChI=1S/C19H24N8O2/c1-12(2)20-16(28)5-4-14-10-15-11-25(8-9-27(15)24-14)18(29)17-22-23-19-21-13(3)6-7-26(17)19/h6-7,10,12H,4-5,8-9,11H2,1-3H3,(H,20,28). The zero-order chi connectivity index (χ0) is 20.5. The summed E-state index contributed by atoms with van der Waals surface area (Å²) in [6.45, 7) is 7.33. The van der Waals surface area contributed by atoms with Gasteiger partial charge in [0.15, 0.2) is 0 Å². The van der Waals surface area contributed by atoms with E-state index in [1.54, 1.807) is 15.5 Å². The number of hydrogen-bond donors (Lipinski definition) is 1. The van der Waals surface area contributed by atoms with Crippen molar-refractivity contribution in [3.8, 4) is 0 Å². The number of carbonyl (C=O) groups excluding carboxylic acids is 2. The maximum Gasteiger partial charge on any atom is 0.292 e. The lowest BCUT2D eigenvalue weighted by Gasteiger charge is -2.26. The van der Waals surface area contributed by atoms with Gasteiger partial charge < -0.3 is 10.2 Å². The van der Waals surface area contributed by atoms with Crippen molar-refractivity contribution >= 4 is 17.6 Å². The van der Waals surface area contributed by atoms with Crippen LogP contribution in [0.15, 0.2) is 18.3 Å². The monoisotopic (exact) mass is 396 g/mol. The van der Waals surface area contributed by atoms with E-state index in [0.717, 1.165) is 17.1 Å². The molecule has 0 aromatic carbocycles. The first kappa shape index (κ1) is 19.0. The number of amides is 2. The summed E-state index contributed by atoms with van der Waals surface area (Å²) in [5.41, 5.74) is 2.63. The summed E-state index contributed by atoms with van der Waals surface area (Å²) in [6.07, 6.45) is 2.74. The van der Waals surface area contributed by atoms with Crippen LogP contribution >= 0.6 is 0 Å². The minimum atomic E-state index is -0.187. The van der Waals surface area contributed by atoms with Gasteiger partial charge in [-0.05, 0) is 32.9 Å². The van der Waals surface area contributed by atoms with Crippen LogP contribution < -0.4 is 5.32 Å². The zero-order valence-corrected chi connectivity index (χ0v) is 16.8. The van der Waals surface area contributed by atoms with Crippen molar-refractivity contribution in [1.29, 1.82) is 0 Å². The van der Waals surface area contributed by atoms with Crippen molar-refractivity contribution < 1.29 is 9.59 Å². The lowest BCUT2D eigenvalue weighted by molar-refractivity contribution is -0.121. The Kier molecular flexibility index (Phi) is 4.99. The van der Waals surface area contributed by atoms with E-state index in [0.29, 0.717) is 38.3 Å². The lowest BCUT2D eigenvalue weighted by atomic mass is 10.2. The Hall–Kier alpha value is -3.30. The van der Waals surface area contributed by atoms with Gasteiger partial charge in [-0.15, -0.1) is 10.2 Å². The van der Waals surface area contributed by atoms with Gasteiger partial charge in [0.1, 0.15) is 0 Å². The number of nitrogens with one attached hydrogen (secondary N) is 1. The van der Waals surface area contributed by atoms with Gasteiger partial charge in [0, 0.05) is 37.3 Å². The van der Waals surface area contributed by atoms with Crippen molar-refractivity contribution in [3.63, 3.8) is 0 Å². The molecule has 0 bridgehead atoms. The number of hydrogen-bond acceptors (Lipinski definition) is 6. The minimum absolute atomic E-state index is 0.0188. The highest BCUT2D eigenvalue weighted by Crippen LogP contribution is 2.17. The van der Waals surface area contributed by atoms with Crippen molar-refractivity contribution in [2.75, 3.05) is 6.54 Å². The Morgan fingerprint density at radius 2 is 2.07 bits per heavy atom. The van der Waals surface area contributed by atoms with Gasteiger partial charge in [-0.25, -0.2) is 4.98 Å². The Balaban J connectivity index is 1.45. The van der Waals surface area contributed by atoms with Gasteiger partial charge >= 0.3 is 0 Å². The number of fused-ring (bicyclic) bond motifs is 2. The molecule has 0 atom stereocenters. The largest absolute Gasteiger partial charge is 0.354 e. The molecule has 29 heavy (non-hydrogen) atoms. The first-order valence-electron chi connectivity index (χ1n) is 9.73. The topological polar surface area (TPSA) is 110 Å². The molecule has 0 saturated carbocycles. The highest BCUT2D eigenvalue weighted by molar-refractivity contribution is 5.91. The molecular formula is C19H24N8O2. The van der Waals surface area contributed by atoms with Crippen LogP contribution in [0.25, 0.3) is 5.78 Å². The van der Waals surface area contributed by atoms with E-state index < -0.39 is 0 Å². The third-order valence-corrected chi connectivity index (χ3v) is 4.80. The van der Waals surface area contributed by atoms with E-state index in [1.807, 2.05) is 37.6 Å². The van der Waals surface area contributed by atoms with Gasteiger partial charge in [-0.1, -0.05) is 0 Å². The maximum absolute atomic E-state index is 13.0. The summed E-state index contributed by atoms with van der Waals surface area (Å²) in [7, 11) is 0. The number of nitrogens with zero attached hydrogens (tertiary/aromatic N) is 7. The van der Waals surface area contributed by atoms with Crippen LogP contribution in [0.4, 0.5) is 0 Å². The maximum atomic E-state index is 13.0. The number of aromatic nitrogens is 6. The fourth-order valence-corrected chi connectivity index (χ4v) is 3.42. The molecule has 0 aliphatic carbocycles. The molecule has 0 unspecified atom stereocenters. The van der Waals surface area contributed by atoms with Crippen LogP contribution in [-0.4, -0.2) is 58.7 Å². The lowest BCUT2D eigenvalue weighted by Crippen LogP contribution is -2.39. The van der Waals surface area contributed by atoms with E-state index in [1.165, 1.54) is 0 Å². The number of rotatable bonds is 5. The highest BCUT2D eigenvalue weighted by atomic mass is 16.2. The second-order valence-corrected chi connectivity index (χ2v) is 7.56. The SMILES string of the molecule is Cc1ccn2c(C(=O)N3CCn4nc(CCC(=O)NC(C)C)cc4C3)nnc2n1. The fourth-order valence-electron chi connectivity index (χ4n) is 3.42. The van der Waals surface area contributed by atoms with Crippen LogP contribution in [0.1, 0.15) is 48.0 Å². The Labute approximate surface area is 167 Å². The summed E-state index contributed by atoms with van der Waals surface area (Å²) in [5, 5.41) is 15.5. The Morgan fingerprint density at radius 1 is 1.24 bits per heavy atom. The number of aryl methyl sites for hydroxylation is 2. The third kappa shape index (κ3) is 3.96. The molecular weight excluding hydrogens is 372 g/mol. The predicted octanol–water partition coefficient (Wildman–Crippen LogP) is 0.742. The molecule has 1 N–H and O–H groups in total. The third-order valence-electron chi connectivity index (χ3n) is 4.80. The minimum Gasteiger partial charge on any atom is -0.354 e. The summed E-state index contributed by atoms with van der Waals surface area (Å²) in [5.74, 6) is 0.502. The summed E-state index contributed by atoms with van der Waals surface area (Å²) in [6, 6.07) is 3.92. The zero-order valence-electron chi connectivity index (χ0n) is 16.8. The molecule has 3 aromatic rings. The molecule has 3 aromatic heterocycles. The average Bonchev–Trinajstić information content (AvgIpc) is 3.27. The van der Waals surface area contributed by atoms with Crippen LogP contribution in [0.2, 0.25) is 0 Å². The van der Waals surface area contributed by atoms with Crippen molar-refractivity contribution in [3.05, 3.63) is 41.2 Å². The molecule has 1 aliphatic rings. The smallest absolute Gasteiger partial charge is 0.292 e. The quantitative estimate of drug-likeness (QED) is 0.681. The van der Waals surface area contributed by atoms with E-state index in [2.05, 4.69) is 25.6 Å². The molecule has 10 heteroatoms. The second kappa shape index (κ2) is 7.61. The molecule has 0 radical (unpaired) electrons. The van der Waals surface area contributed by atoms with Crippen LogP contribution in [0.3, 0.4) is 0 Å². The molecule has 4 rings (SSSR count). The highest BCUT2D eigenvalue weighted by Gasteiger charge is 2.26. The molecule has 2 amide bonds. The van der Waals surface area contributed by atoms with Gasteiger partial charge in [-0.3, -0.25) is 18.7 Å². The summed E-state index contributed by atoms with van der Waals surface area (Å²) in [4.78, 5) is 30.9. The first-order valence-corrected chi connectivity index (χ1v) is 9.73. The van der Waals surface area contributed by atoms with E-state index in [4.69, 9.17) is 0 Å². The van der Waals surface area contributed by atoms with E-state index in [-0.39, 0.29) is 23.7 Å². The summed E-state index contributed by atoms with van der Waals surface area (Å²) < 4.78 is 3.52.